The SMILES string of the molecule is C=NC(=Nc1cccc(CC)c1)NC#N. The van der Waals surface area contributed by atoms with Crippen LogP contribution in [0.15, 0.2) is 34.3 Å². The Hall–Kier alpha value is -2.15. The first-order chi connectivity index (χ1) is 7.30. The van der Waals surface area contributed by atoms with E-state index in [1.165, 1.54) is 5.56 Å². The summed E-state index contributed by atoms with van der Waals surface area (Å²) in [5.41, 5.74) is 1.95. The number of nitriles is 1. The maximum absolute atomic E-state index is 8.42. The van der Waals surface area contributed by atoms with Crippen LogP contribution >= 0.6 is 0 Å². The molecule has 15 heavy (non-hydrogen) atoms. The summed E-state index contributed by atoms with van der Waals surface area (Å²) >= 11 is 0. The summed E-state index contributed by atoms with van der Waals surface area (Å²) in [6.07, 6.45) is 2.70. The molecule has 0 aliphatic rings. The van der Waals surface area contributed by atoms with Crippen molar-refractivity contribution in [3.8, 4) is 6.19 Å². The van der Waals surface area contributed by atoms with Crippen molar-refractivity contribution in [1.82, 2.24) is 5.32 Å². The van der Waals surface area contributed by atoms with Gasteiger partial charge in [-0.1, -0.05) is 19.1 Å². The Labute approximate surface area is 89.0 Å². The van der Waals surface area contributed by atoms with Gasteiger partial charge in [0, 0.05) is 0 Å². The molecule has 4 heteroatoms. The van der Waals surface area contributed by atoms with Crippen LogP contribution in [-0.2, 0) is 6.42 Å². The highest BCUT2D eigenvalue weighted by atomic mass is 15.1. The van der Waals surface area contributed by atoms with E-state index in [0.717, 1.165) is 12.1 Å². The van der Waals surface area contributed by atoms with Crippen LogP contribution < -0.4 is 5.32 Å². The molecular formula is C11H12N4. The van der Waals surface area contributed by atoms with Gasteiger partial charge >= 0.3 is 0 Å². The molecule has 1 aromatic carbocycles. The second-order valence-corrected chi connectivity index (χ2v) is 2.85. The van der Waals surface area contributed by atoms with Gasteiger partial charge in [-0.2, -0.15) is 5.26 Å². The maximum Gasteiger partial charge on any atom is 0.235 e. The molecule has 1 rings (SSSR count). The zero-order valence-electron chi connectivity index (χ0n) is 8.57. The van der Waals surface area contributed by atoms with Crippen molar-refractivity contribution in [3.63, 3.8) is 0 Å². The van der Waals surface area contributed by atoms with E-state index in [2.05, 4.69) is 28.9 Å². The minimum atomic E-state index is 0.214. The molecule has 1 N–H and O–H groups in total. The van der Waals surface area contributed by atoms with Gasteiger partial charge in [-0.3, -0.25) is 5.32 Å². The molecule has 0 unspecified atom stereocenters. The molecule has 0 atom stereocenters. The minimum Gasteiger partial charge on any atom is -0.261 e. The Morgan fingerprint density at radius 2 is 2.40 bits per heavy atom. The lowest BCUT2D eigenvalue weighted by Gasteiger charge is -1.99. The van der Waals surface area contributed by atoms with Crippen LogP contribution in [0.3, 0.4) is 0 Å². The van der Waals surface area contributed by atoms with Crippen molar-refractivity contribution in [2.45, 2.75) is 13.3 Å². The number of benzene rings is 1. The van der Waals surface area contributed by atoms with Crippen LogP contribution in [0.2, 0.25) is 0 Å². The number of aliphatic imine (C=N–C) groups is 2. The van der Waals surface area contributed by atoms with Crippen molar-refractivity contribution in [1.29, 1.82) is 5.26 Å². The Morgan fingerprint density at radius 1 is 1.60 bits per heavy atom. The molecule has 0 saturated carbocycles. The number of rotatable bonds is 2. The van der Waals surface area contributed by atoms with Gasteiger partial charge in [0.15, 0.2) is 6.19 Å². The normalized spacial score (nSPS) is 10.5. The summed E-state index contributed by atoms with van der Waals surface area (Å²) in [4.78, 5) is 7.72. The average molecular weight is 200 g/mol. The highest BCUT2D eigenvalue weighted by Crippen LogP contribution is 2.14. The van der Waals surface area contributed by atoms with Gasteiger partial charge in [0.25, 0.3) is 0 Å². The lowest BCUT2D eigenvalue weighted by Crippen LogP contribution is -2.13. The van der Waals surface area contributed by atoms with Gasteiger partial charge in [0.1, 0.15) is 0 Å². The second-order valence-electron chi connectivity index (χ2n) is 2.85. The predicted octanol–water partition coefficient (Wildman–Crippen LogP) is 2.01. The van der Waals surface area contributed by atoms with Crippen LogP contribution in [-0.4, -0.2) is 12.7 Å². The molecule has 0 heterocycles. The zero-order chi connectivity index (χ0) is 11.1. The predicted molar refractivity (Wildman–Crippen MR) is 61.2 cm³/mol. The fourth-order valence-corrected chi connectivity index (χ4v) is 1.12. The molecule has 1 aromatic rings. The monoisotopic (exact) mass is 200 g/mol. The Morgan fingerprint density at radius 3 is 3.00 bits per heavy atom. The van der Waals surface area contributed by atoms with Gasteiger partial charge in [-0.15, -0.1) is 0 Å². The largest absolute Gasteiger partial charge is 0.261 e. The minimum absolute atomic E-state index is 0.214. The first-order valence-electron chi connectivity index (χ1n) is 4.59. The van der Waals surface area contributed by atoms with Gasteiger partial charge < -0.3 is 0 Å². The van der Waals surface area contributed by atoms with E-state index < -0.39 is 0 Å². The molecule has 0 aliphatic carbocycles. The van der Waals surface area contributed by atoms with E-state index in [-0.39, 0.29) is 5.96 Å². The van der Waals surface area contributed by atoms with Crippen molar-refractivity contribution in [2.75, 3.05) is 0 Å². The summed E-state index contributed by atoms with van der Waals surface area (Å²) in [6, 6.07) is 7.75. The Kier molecular flexibility index (Phi) is 4.05. The highest BCUT2D eigenvalue weighted by Gasteiger charge is 1.95. The van der Waals surface area contributed by atoms with Gasteiger partial charge in [-0.05, 0) is 30.8 Å². The van der Waals surface area contributed by atoms with Gasteiger partial charge in [0.2, 0.25) is 5.96 Å². The number of nitrogens with one attached hydrogen (secondary N) is 1. The van der Waals surface area contributed by atoms with Crippen LogP contribution in [0, 0.1) is 11.5 Å². The quantitative estimate of drug-likeness (QED) is 0.343. The Balaban J connectivity index is 2.96. The van der Waals surface area contributed by atoms with E-state index in [9.17, 15) is 0 Å². The highest BCUT2D eigenvalue weighted by molar-refractivity contribution is 5.87. The van der Waals surface area contributed by atoms with Gasteiger partial charge in [-0.25, -0.2) is 9.98 Å². The second kappa shape index (κ2) is 5.55. The van der Waals surface area contributed by atoms with Crippen molar-refractivity contribution < 1.29 is 0 Å². The smallest absolute Gasteiger partial charge is 0.235 e. The van der Waals surface area contributed by atoms with Crippen molar-refractivity contribution in [2.24, 2.45) is 9.98 Å². The van der Waals surface area contributed by atoms with Crippen molar-refractivity contribution >= 4 is 18.4 Å². The fraction of sp³-hybridized carbons (Fsp3) is 0.182. The van der Waals surface area contributed by atoms with E-state index in [1.807, 2.05) is 24.3 Å². The molecule has 4 nitrogen and oxygen atoms in total. The molecule has 0 bridgehead atoms. The van der Waals surface area contributed by atoms with E-state index in [4.69, 9.17) is 5.26 Å². The standard InChI is InChI=1S/C11H12N4/c1-3-9-5-4-6-10(7-9)15-11(13-2)14-8-12/h4-7H,2-3H2,1H3,(H,14,15). The number of guanidine groups is 1. The molecule has 0 radical (unpaired) electrons. The number of hydrogen-bond donors (Lipinski definition) is 1. The van der Waals surface area contributed by atoms with E-state index in [0.29, 0.717) is 0 Å². The topological polar surface area (TPSA) is 60.5 Å². The zero-order valence-corrected chi connectivity index (χ0v) is 8.57. The lowest BCUT2D eigenvalue weighted by atomic mass is 10.1. The fourth-order valence-electron chi connectivity index (χ4n) is 1.12. The maximum atomic E-state index is 8.42. The van der Waals surface area contributed by atoms with Crippen LogP contribution in [0.1, 0.15) is 12.5 Å². The third-order valence-electron chi connectivity index (χ3n) is 1.87. The van der Waals surface area contributed by atoms with E-state index >= 15 is 0 Å². The number of nitrogens with zero attached hydrogens (tertiary/aromatic N) is 3. The molecule has 0 amide bonds. The van der Waals surface area contributed by atoms with E-state index in [1.54, 1.807) is 6.19 Å². The summed E-state index contributed by atoms with van der Waals surface area (Å²) in [5.74, 6) is 0.214. The summed E-state index contributed by atoms with van der Waals surface area (Å²) < 4.78 is 0. The number of hydrogen-bond acceptors (Lipinski definition) is 2. The summed E-state index contributed by atoms with van der Waals surface area (Å²) in [5, 5.41) is 10.8. The van der Waals surface area contributed by atoms with Crippen LogP contribution in [0.4, 0.5) is 5.69 Å². The molecular weight excluding hydrogens is 188 g/mol. The summed E-state index contributed by atoms with van der Waals surface area (Å²) in [6.45, 7) is 5.40. The molecule has 0 fully saturated rings. The first-order valence-corrected chi connectivity index (χ1v) is 4.59. The van der Waals surface area contributed by atoms with Gasteiger partial charge in [0.05, 0.1) is 5.69 Å². The third kappa shape index (κ3) is 3.24. The molecule has 0 saturated heterocycles. The summed E-state index contributed by atoms with van der Waals surface area (Å²) in [7, 11) is 0. The third-order valence-corrected chi connectivity index (χ3v) is 1.87. The molecule has 0 spiro atoms. The molecule has 0 aromatic heterocycles. The molecule has 0 aliphatic heterocycles. The van der Waals surface area contributed by atoms with Crippen LogP contribution in [0.5, 0.6) is 0 Å². The Bertz CT molecular complexity index is 415. The number of aryl methyl sites for hydroxylation is 1. The first kappa shape index (κ1) is 10.9. The van der Waals surface area contributed by atoms with Crippen molar-refractivity contribution in [3.05, 3.63) is 29.8 Å². The van der Waals surface area contributed by atoms with Crippen LogP contribution in [0.25, 0.3) is 0 Å². The average Bonchev–Trinajstić information content (AvgIpc) is 2.29. The lowest BCUT2D eigenvalue weighted by molar-refractivity contribution is 1.14. The molecule has 76 valence electrons.